The first-order valence-corrected chi connectivity index (χ1v) is 4.28. The molecule has 0 aromatic rings. The number of nitrogens with two attached hydrogens (primary N) is 1. The van der Waals surface area contributed by atoms with Gasteiger partial charge in [-0.1, -0.05) is 0 Å². The lowest BCUT2D eigenvalue weighted by atomic mass is 10.0. The molecule has 0 aliphatic carbocycles. The third-order valence-corrected chi connectivity index (χ3v) is 1.87. The third-order valence-electron chi connectivity index (χ3n) is 1.87. The van der Waals surface area contributed by atoms with Crippen molar-refractivity contribution in [3.63, 3.8) is 0 Å². The second-order valence-electron chi connectivity index (χ2n) is 2.90. The second-order valence-corrected chi connectivity index (χ2v) is 2.90. The zero-order chi connectivity index (χ0) is 8.97. The second kappa shape index (κ2) is 6.18. The Kier molecular flexibility index (Phi) is 6.03. The molecule has 1 heterocycles. The molecule has 0 unspecified atom stereocenters. The van der Waals surface area contributed by atoms with E-state index in [0.717, 1.165) is 6.42 Å². The summed E-state index contributed by atoms with van der Waals surface area (Å²) < 4.78 is 10.0. The van der Waals surface area contributed by atoms with Crippen molar-refractivity contribution in [2.45, 2.75) is 31.9 Å². The van der Waals surface area contributed by atoms with Gasteiger partial charge in [-0.3, -0.25) is 0 Å². The van der Waals surface area contributed by atoms with Crippen molar-refractivity contribution < 1.29 is 14.3 Å². The summed E-state index contributed by atoms with van der Waals surface area (Å²) in [6.07, 6.45) is 0.975. The minimum absolute atomic E-state index is 0. The van der Waals surface area contributed by atoms with E-state index in [9.17, 15) is 4.79 Å². The predicted octanol–water partition coefficient (Wildman–Crippen LogP) is 0.478. The van der Waals surface area contributed by atoms with Gasteiger partial charge >= 0.3 is 5.97 Å². The Balaban J connectivity index is 0.00000144. The largest absolute Gasteiger partial charge is 0.464 e. The molecule has 1 aliphatic heterocycles. The van der Waals surface area contributed by atoms with Gasteiger partial charge in [0.2, 0.25) is 0 Å². The molecule has 4 nitrogen and oxygen atoms in total. The van der Waals surface area contributed by atoms with Gasteiger partial charge in [-0.15, -0.1) is 12.4 Å². The molecule has 1 aliphatic rings. The lowest BCUT2D eigenvalue weighted by Gasteiger charge is -2.25. The number of esters is 1. The van der Waals surface area contributed by atoms with Crippen LogP contribution in [0, 0.1) is 0 Å². The first-order valence-electron chi connectivity index (χ1n) is 4.28. The molecule has 0 bridgehead atoms. The Labute approximate surface area is 84.2 Å². The van der Waals surface area contributed by atoms with Crippen molar-refractivity contribution in [1.82, 2.24) is 0 Å². The standard InChI is InChI=1S/C8H15NO3.ClH/c1-2-11-8(10)7-5-6(9)3-4-12-7;/h6-7H,2-5,9H2,1H3;1H/t6-,7-;/m1./s1. The van der Waals surface area contributed by atoms with Crippen molar-refractivity contribution in [2.75, 3.05) is 13.2 Å². The van der Waals surface area contributed by atoms with Crippen molar-refractivity contribution in [3.8, 4) is 0 Å². The highest BCUT2D eigenvalue weighted by Crippen LogP contribution is 2.13. The van der Waals surface area contributed by atoms with E-state index >= 15 is 0 Å². The quantitative estimate of drug-likeness (QED) is 0.672. The Morgan fingerprint density at radius 1 is 1.69 bits per heavy atom. The summed E-state index contributed by atoms with van der Waals surface area (Å²) >= 11 is 0. The van der Waals surface area contributed by atoms with E-state index in [2.05, 4.69) is 0 Å². The van der Waals surface area contributed by atoms with E-state index in [1.165, 1.54) is 0 Å². The maximum atomic E-state index is 11.1. The van der Waals surface area contributed by atoms with Gasteiger partial charge in [-0.2, -0.15) is 0 Å². The molecular formula is C8H16ClNO3. The average molecular weight is 210 g/mol. The first-order chi connectivity index (χ1) is 5.74. The molecule has 1 fully saturated rings. The van der Waals surface area contributed by atoms with Gasteiger partial charge in [0.15, 0.2) is 6.10 Å². The number of carbonyl (C=O) groups excluding carboxylic acids is 1. The van der Waals surface area contributed by atoms with Crippen LogP contribution in [0.25, 0.3) is 0 Å². The maximum Gasteiger partial charge on any atom is 0.335 e. The number of hydrogen-bond donors (Lipinski definition) is 1. The highest BCUT2D eigenvalue weighted by atomic mass is 35.5. The summed E-state index contributed by atoms with van der Waals surface area (Å²) in [6, 6.07) is 0.0770. The summed E-state index contributed by atoms with van der Waals surface area (Å²) in [5, 5.41) is 0. The molecule has 0 spiro atoms. The summed E-state index contributed by atoms with van der Waals surface area (Å²) in [5.74, 6) is -0.285. The normalized spacial score (nSPS) is 27.5. The highest BCUT2D eigenvalue weighted by molar-refractivity contribution is 5.85. The Bertz CT molecular complexity index is 165. The molecule has 0 radical (unpaired) electrons. The van der Waals surface area contributed by atoms with Crippen LogP contribution >= 0.6 is 12.4 Å². The molecule has 0 amide bonds. The van der Waals surface area contributed by atoms with Crippen LogP contribution in [0.5, 0.6) is 0 Å². The monoisotopic (exact) mass is 209 g/mol. The van der Waals surface area contributed by atoms with E-state index in [1.807, 2.05) is 0 Å². The van der Waals surface area contributed by atoms with E-state index in [4.69, 9.17) is 15.2 Å². The zero-order valence-electron chi connectivity index (χ0n) is 7.69. The van der Waals surface area contributed by atoms with Gasteiger partial charge in [0.25, 0.3) is 0 Å². The predicted molar refractivity (Wildman–Crippen MR) is 50.8 cm³/mol. The van der Waals surface area contributed by atoms with Gasteiger partial charge in [-0.25, -0.2) is 4.79 Å². The van der Waals surface area contributed by atoms with Crippen LogP contribution in [0.1, 0.15) is 19.8 Å². The van der Waals surface area contributed by atoms with Crippen molar-refractivity contribution in [1.29, 1.82) is 0 Å². The molecule has 78 valence electrons. The summed E-state index contributed by atoms with van der Waals surface area (Å²) in [7, 11) is 0. The van der Waals surface area contributed by atoms with Crippen LogP contribution in [-0.2, 0) is 14.3 Å². The van der Waals surface area contributed by atoms with Gasteiger partial charge in [0.1, 0.15) is 0 Å². The van der Waals surface area contributed by atoms with Gasteiger partial charge in [0, 0.05) is 12.6 Å². The Morgan fingerprint density at radius 2 is 2.38 bits per heavy atom. The molecule has 0 saturated carbocycles. The molecule has 2 atom stereocenters. The topological polar surface area (TPSA) is 61.5 Å². The zero-order valence-corrected chi connectivity index (χ0v) is 8.51. The number of carbonyl (C=O) groups is 1. The molecule has 0 aromatic heterocycles. The maximum absolute atomic E-state index is 11.1. The van der Waals surface area contributed by atoms with Gasteiger partial charge in [0.05, 0.1) is 6.61 Å². The van der Waals surface area contributed by atoms with E-state index in [0.29, 0.717) is 19.6 Å². The molecule has 2 N–H and O–H groups in total. The SMILES string of the molecule is CCOC(=O)[C@H]1C[C@H](N)CCO1.Cl. The number of rotatable bonds is 2. The van der Waals surface area contributed by atoms with Crippen molar-refractivity contribution in [2.24, 2.45) is 5.73 Å². The summed E-state index contributed by atoms with van der Waals surface area (Å²) in [6.45, 7) is 2.74. The highest BCUT2D eigenvalue weighted by Gasteiger charge is 2.26. The van der Waals surface area contributed by atoms with Crippen LogP contribution in [0.15, 0.2) is 0 Å². The molecular weight excluding hydrogens is 194 g/mol. The number of ether oxygens (including phenoxy) is 2. The third kappa shape index (κ3) is 3.93. The van der Waals surface area contributed by atoms with Crippen LogP contribution in [0.2, 0.25) is 0 Å². The fourth-order valence-electron chi connectivity index (χ4n) is 1.22. The minimum Gasteiger partial charge on any atom is -0.464 e. The van der Waals surface area contributed by atoms with Gasteiger partial charge in [-0.05, 0) is 19.8 Å². The van der Waals surface area contributed by atoms with Gasteiger partial charge < -0.3 is 15.2 Å². The smallest absolute Gasteiger partial charge is 0.335 e. The molecule has 5 heteroatoms. The fourth-order valence-corrected chi connectivity index (χ4v) is 1.22. The van der Waals surface area contributed by atoms with E-state index in [-0.39, 0.29) is 24.4 Å². The fraction of sp³-hybridized carbons (Fsp3) is 0.875. The molecule has 0 aromatic carbocycles. The number of hydrogen-bond acceptors (Lipinski definition) is 4. The van der Waals surface area contributed by atoms with Crippen molar-refractivity contribution in [3.05, 3.63) is 0 Å². The van der Waals surface area contributed by atoms with E-state index < -0.39 is 6.10 Å². The lowest BCUT2D eigenvalue weighted by molar-refractivity contribution is -0.159. The Hall–Kier alpha value is -0.320. The lowest BCUT2D eigenvalue weighted by Crippen LogP contribution is -2.39. The van der Waals surface area contributed by atoms with E-state index in [1.54, 1.807) is 6.92 Å². The first kappa shape index (κ1) is 12.7. The summed E-state index contributed by atoms with van der Waals surface area (Å²) in [4.78, 5) is 11.1. The van der Waals surface area contributed by atoms with Crippen LogP contribution in [0.3, 0.4) is 0 Å². The van der Waals surface area contributed by atoms with Crippen LogP contribution < -0.4 is 5.73 Å². The van der Waals surface area contributed by atoms with Crippen LogP contribution in [-0.4, -0.2) is 31.3 Å². The van der Waals surface area contributed by atoms with Crippen LogP contribution in [0.4, 0.5) is 0 Å². The number of halogens is 1. The minimum atomic E-state index is -0.436. The summed E-state index contributed by atoms with van der Waals surface area (Å²) in [5.41, 5.74) is 5.67. The van der Waals surface area contributed by atoms with Crippen molar-refractivity contribution >= 4 is 18.4 Å². The Morgan fingerprint density at radius 3 is 2.92 bits per heavy atom. The molecule has 1 rings (SSSR count). The molecule has 1 saturated heterocycles. The average Bonchev–Trinajstić information content (AvgIpc) is 2.05. The molecule has 13 heavy (non-hydrogen) atoms.